The number of hydrogen-bond donors (Lipinski definition) is 0. The van der Waals surface area contributed by atoms with Crippen LogP contribution in [0.15, 0.2) is 17.0 Å². The summed E-state index contributed by atoms with van der Waals surface area (Å²) in [5.41, 5.74) is -4.11. The fourth-order valence-electron chi connectivity index (χ4n) is 3.72. The maximum absolute atomic E-state index is 10.8. The molecule has 3 rings (SSSR count). The minimum atomic E-state index is -5.55. The Hall–Kier alpha value is -2.32. The van der Waals surface area contributed by atoms with Crippen LogP contribution in [-0.2, 0) is 21.0 Å². The predicted octanol–water partition coefficient (Wildman–Crippen LogP) is 3.04. The Morgan fingerprint density at radius 2 is 1.33 bits per heavy atom. The third-order valence-electron chi connectivity index (χ3n) is 5.07. The molecule has 166 valence electrons. The normalized spacial score (nSPS) is 23.1. The molecule has 2 unspecified atom stereocenters. The van der Waals surface area contributed by atoms with Crippen molar-refractivity contribution in [2.24, 2.45) is 0 Å². The molecule has 2 fully saturated rings. The van der Waals surface area contributed by atoms with Crippen LogP contribution < -0.4 is 0 Å². The van der Waals surface area contributed by atoms with Crippen molar-refractivity contribution >= 4 is 38.1 Å². The van der Waals surface area contributed by atoms with E-state index in [2.05, 4.69) is 6.92 Å². The van der Waals surface area contributed by atoms with Crippen LogP contribution in [0.1, 0.15) is 45.4 Å². The van der Waals surface area contributed by atoms with Crippen molar-refractivity contribution in [1.82, 2.24) is 0 Å². The van der Waals surface area contributed by atoms with Crippen molar-refractivity contribution in [2.45, 2.75) is 60.8 Å². The standard InChI is InChI=1S/C10H19S.C6H3N3O9S/c1-2-11-9-7-5-3-4-6-8-10(9)11;10-7(11)3-1-4(8(12)13)6(19(16,17)18)5(2-3)9(14)15/h9-10H,2-8H2,1H3;1-2H,(H,16,17,18)/q+1;/p-1. The number of rotatable bonds is 5. The van der Waals surface area contributed by atoms with E-state index in [1.807, 2.05) is 0 Å². The highest BCUT2D eigenvalue weighted by Crippen LogP contribution is 2.43. The number of nitro benzene ring substituents is 3. The summed E-state index contributed by atoms with van der Waals surface area (Å²) in [5, 5.41) is 34.0. The summed E-state index contributed by atoms with van der Waals surface area (Å²) in [6.07, 6.45) is 9.24. The van der Waals surface area contributed by atoms with E-state index in [4.69, 9.17) is 0 Å². The Labute approximate surface area is 175 Å². The van der Waals surface area contributed by atoms with E-state index in [1.54, 1.807) is 12.8 Å². The SMILES string of the molecule is CC[S+]1C2CCCCCCC21.O=[N+]([O-])c1cc([N+](=O)[O-])c(S(=O)(=O)[O-])c([N+](=O)[O-])c1. The lowest BCUT2D eigenvalue weighted by Gasteiger charge is -2.07. The molecule has 2 aliphatic rings. The van der Waals surface area contributed by atoms with Crippen LogP contribution in [0.3, 0.4) is 0 Å². The van der Waals surface area contributed by atoms with Gasteiger partial charge in [0.25, 0.3) is 5.69 Å². The lowest BCUT2D eigenvalue weighted by molar-refractivity contribution is -0.407. The second-order valence-corrected chi connectivity index (χ2v) is 10.9. The highest BCUT2D eigenvalue weighted by atomic mass is 32.2. The zero-order valence-electron chi connectivity index (χ0n) is 16.1. The van der Waals surface area contributed by atoms with E-state index in [1.165, 1.54) is 41.9 Å². The zero-order chi connectivity index (χ0) is 22.6. The monoisotopic (exact) mass is 463 g/mol. The molecule has 0 radical (unpaired) electrons. The Balaban J connectivity index is 0.000000244. The van der Waals surface area contributed by atoms with Crippen LogP contribution in [0.4, 0.5) is 17.1 Å². The Bertz CT molecular complexity index is 902. The predicted molar refractivity (Wildman–Crippen MR) is 108 cm³/mol. The highest BCUT2D eigenvalue weighted by Gasteiger charge is 2.59. The van der Waals surface area contributed by atoms with Gasteiger partial charge in [-0.3, -0.25) is 30.3 Å². The van der Waals surface area contributed by atoms with Crippen molar-refractivity contribution in [3.05, 3.63) is 42.5 Å². The van der Waals surface area contributed by atoms with Crippen LogP contribution in [0, 0.1) is 30.3 Å². The van der Waals surface area contributed by atoms with Crippen molar-refractivity contribution in [1.29, 1.82) is 0 Å². The lowest BCUT2D eigenvalue weighted by Crippen LogP contribution is -2.08. The molecule has 30 heavy (non-hydrogen) atoms. The summed E-state index contributed by atoms with van der Waals surface area (Å²) in [7, 11) is -4.66. The van der Waals surface area contributed by atoms with Crippen LogP contribution >= 0.6 is 0 Å². The average molecular weight is 463 g/mol. The Kier molecular flexibility index (Phi) is 7.71. The molecule has 1 aromatic carbocycles. The lowest BCUT2D eigenvalue weighted by atomic mass is 10.0. The summed E-state index contributed by atoms with van der Waals surface area (Å²) < 4.78 is 32.5. The Morgan fingerprint density at radius 1 is 0.900 bits per heavy atom. The number of nitro groups is 3. The summed E-state index contributed by atoms with van der Waals surface area (Å²) >= 11 is 0. The first kappa shape index (κ1) is 24.0. The topological polar surface area (TPSA) is 187 Å². The number of non-ortho nitro benzene ring substituents is 1. The van der Waals surface area contributed by atoms with Gasteiger partial charge in [-0.05, 0) is 32.6 Å². The minimum Gasteiger partial charge on any atom is -0.744 e. The first-order valence-electron chi connectivity index (χ1n) is 9.24. The van der Waals surface area contributed by atoms with Gasteiger partial charge in [0.15, 0.2) is 10.5 Å². The Morgan fingerprint density at radius 3 is 1.63 bits per heavy atom. The van der Waals surface area contributed by atoms with Gasteiger partial charge >= 0.3 is 11.4 Å². The van der Waals surface area contributed by atoms with Gasteiger partial charge in [-0.2, -0.15) is 0 Å². The molecule has 1 aliphatic carbocycles. The van der Waals surface area contributed by atoms with Crippen LogP contribution in [0.25, 0.3) is 0 Å². The maximum Gasteiger partial charge on any atom is 0.300 e. The quantitative estimate of drug-likeness (QED) is 0.208. The molecule has 14 heteroatoms. The molecule has 0 aromatic heterocycles. The third-order valence-corrected chi connectivity index (χ3v) is 9.02. The fourth-order valence-corrected chi connectivity index (χ4v) is 7.51. The third kappa shape index (κ3) is 5.64. The van der Waals surface area contributed by atoms with Gasteiger partial charge in [0.2, 0.25) is 4.90 Å². The highest BCUT2D eigenvalue weighted by molar-refractivity contribution is 8.05. The fraction of sp³-hybridized carbons (Fsp3) is 0.625. The molecule has 1 saturated heterocycles. The second-order valence-electron chi connectivity index (χ2n) is 6.87. The maximum atomic E-state index is 10.8. The van der Waals surface area contributed by atoms with Gasteiger partial charge in [-0.1, -0.05) is 12.8 Å². The molecule has 0 N–H and O–H groups in total. The van der Waals surface area contributed by atoms with E-state index in [0.717, 1.165) is 10.9 Å². The van der Waals surface area contributed by atoms with Gasteiger partial charge in [-0.25, -0.2) is 8.42 Å². The molecule has 2 atom stereocenters. The van der Waals surface area contributed by atoms with Gasteiger partial charge in [0.05, 0.1) is 26.9 Å². The van der Waals surface area contributed by atoms with E-state index >= 15 is 0 Å². The van der Waals surface area contributed by atoms with E-state index < -0.39 is 46.8 Å². The number of nitrogens with zero attached hydrogens (tertiary/aromatic N) is 3. The van der Waals surface area contributed by atoms with Crippen molar-refractivity contribution in [2.75, 3.05) is 5.75 Å². The minimum absolute atomic E-state index is 0.164. The smallest absolute Gasteiger partial charge is 0.300 e. The molecule has 0 bridgehead atoms. The first-order valence-corrected chi connectivity index (χ1v) is 12.2. The second kappa shape index (κ2) is 9.66. The van der Waals surface area contributed by atoms with Crippen molar-refractivity contribution in [3.8, 4) is 0 Å². The molecule has 1 saturated carbocycles. The van der Waals surface area contributed by atoms with Gasteiger partial charge in [0.1, 0.15) is 15.9 Å². The van der Waals surface area contributed by atoms with Crippen LogP contribution in [-0.4, -0.2) is 44.0 Å². The molecular weight excluding hydrogens is 442 g/mol. The summed E-state index contributed by atoms with van der Waals surface area (Å²) in [6.45, 7) is 2.38. The molecule has 1 aliphatic heterocycles. The number of benzene rings is 1. The van der Waals surface area contributed by atoms with Gasteiger partial charge in [-0.15, -0.1) is 0 Å². The molecule has 0 spiro atoms. The zero-order valence-corrected chi connectivity index (χ0v) is 17.7. The average Bonchev–Trinajstić information content (AvgIpc) is 3.29. The largest absolute Gasteiger partial charge is 0.744 e. The molecule has 1 aromatic rings. The molecule has 0 amide bonds. The van der Waals surface area contributed by atoms with E-state index in [-0.39, 0.29) is 12.1 Å². The van der Waals surface area contributed by atoms with E-state index in [0.29, 0.717) is 0 Å². The molecule has 12 nitrogen and oxygen atoms in total. The van der Waals surface area contributed by atoms with E-state index in [9.17, 15) is 43.3 Å². The van der Waals surface area contributed by atoms with Crippen LogP contribution in [0.2, 0.25) is 0 Å². The van der Waals surface area contributed by atoms with Gasteiger partial charge in [0, 0.05) is 10.9 Å². The summed E-state index contributed by atoms with van der Waals surface area (Å²) in [6, 6.07) is 0.329. The van der Waals surface area contributed by atoms with Crippen molar-refractivity contribution < 1.29 is 27.7 Å². The number of hydrogen-bond acceptors (Lipinski definition) is 9. The van der Waals surface area contributed by atoms with Crippen LogP contribution in [0.5, 0.6) is 0 Å². The molecule has 1 heterocycles. The van der Waals surface area contributed by atoms with Gasteiger partial charge < -0.3 is 4.55 Å². The van der Waals surface area contributed by atoms with Crippen molar-refractivity contribution in [3.63, 3.8) is 0 Å². The number of fused-ring (bicyclic) bond motifs is 1. The summed E-state index contributed by atoms with van der Waals surface area (Å²) in [4.78, 5) is 25.8. The first-order chi connectivity index (χ1) is 14.0. The molecular formula is C16H21N3O9S2. The summed E-state index contributed by atoms with van der Waals surface area (Å²) in [5.74, 6) is 1.48.